The van der Waals surface area contributed by atoms with Gasteiger partial charge >= 0.3 is 0 Å². The highest BCUT2D eigenvalue weighted by Gasteiger charge is 2.31. The van der Waals surface area contributed by atoms with Crippen molar-refractivity contribution in [2.75, 3.05) is 26.2 Å². The van der Waals surface area contributed by atoms with Crippen LogP contribution in [0.2, 0.25) is 0 Å². The number of hydrogen-bond acceptors (Lipinski definition) is 3. The fourth-order valence-corrected chi connectivity index (χ4v) is 3.90. The summed E-state index contributed by atoms with van der Waals surface area (Å²) in [4.78, 5) is 2.58. The summed E-state index contributed by atoms with van der Waals surface area (Å²) in [6.45, 7) is 9.07. The number of hydrogen-bond donors (Lipinski definition) is 2. The Kier molecular flexibility index (Phi) is 6.11. The molecule has 19 heavy (non-hydrogen) atoms. The third kappa shape index (κ3) is 4.44. The molecule has 1 aliphatic heterocycles. The minimum atomic E-state index is -0.0458. The summed E-state index contributed by atoms with van der Waals surface area (Å²) in [5.41, 5.74) is 0. The van der Waals surface area contributed by atoms with Crippen molar-refractivity contribution in [1.82, 2.24) is 10.2 Å². The second-order valence-corrected chi connectivity index (χ2v) is 6.54. The van der Waals surface area contributed by atoms with Gasteiger partial charge in [0.2, 0.25) is 0 Å². The van der Waals surface area contributed by atoms with Crippen molar-refractivity contribution in [3.8, 4) is 0 Å². The summed E-state index contributed by atoms with van der Waals surface area (Å²) in [6.07, 6.45) is 7.39. The number of likely N-dealkylation sites (tertiary alicyclic amines) is 1. The molecular weight excluding hydrogens is 236 g/mol. The molecule has 1 saturated heterocycles. The highest BCUT2D eigenvalue weighted by atomic mass is 16.3. The average Bonchev–Trinajstić information content (AvgIpc) is 2.43. The lowest BCUT2D eigenvalue weighted by atomic mass is 9.76. The Morgan fingerprint density at radius 3 is 2.47 bits per heavy atom. The molecule has 3 unspecified atom stereocenters. The minimum Gasteiger partial charge on any atom is -0.393 e. The van der Waals surface area contributed by atoms with E-state index in [1.807, 2.05) is 0 Å². The number of aliphatic hydroxyl groups excluding tert-OH is 1. The summed E-state index contributed by atoms with van der Waals surface area (Å²) in [5, 5.41) is 13.3. The van der Waals surface area contributed by atoms with Gasteiger partial charge in [-0.3, -0.25) is 0 Å². The standard InChI is InChI=1S/C16H32N2O/c1-3-13-5-6-16(17-4-2)14(11-13)12-18-9-7-15(19)8-10-18/h13-17,19H,3-12H2,1-2H3. The van der Waals surface area contributed by atoms with Gasteiger partial charge in [0.15, 0.2) is 0 Å². The van der Waals surface area contributed by atoms with Crippen LogP contribution in [-0.2, 0) is 0 Å². The predicted octanol–water partition coefficient (Wildman–Crippen LogP) is 2.25. The Labute approximate surface area is 118 Å². The maximum absolute atomic E-state index is 9.61. The van der Waals surface area contributed by atoms with Crippen LogP contribution in [0.25, 0.3) is 0 Å². The molecule has 3 atom stereocenters. The quantitative estimate of drug-likeness (QED) is 0.803. The van der Waals surface area contributed by atoms with Gasteiger partial charge in [0.05, 0.1) is 6.10 Å². The lowest BCUT2D eigenvalue weighted by Gasteiger charge is -2.40. The monoisotopic (exact) mass is 268 g/mol. The summed E-state index contributed by atoms with van der Waals surface area (Å²) >= 11 is 0. The van der Waals surface area contributed by atoms with E-state index in [9.17, 15) is 5.11 Å². The molecule has 3 nitrogen and oxygen atoms in total. The lowest BCUT2D eigenvalue weighted by molar-refractivity contribution is 0.0609. The zero-order valence-electron chi connectivity index (χ0n) is 12.8. The fourth-order valence-electron chi connectivity index (χ4n) is 3.90. The molecule has 1 aliphatic carbocycles. The van der Waals surface area contributed by atoms with E-state index < -0.39 is 0 Å². The van der Waals surface area contributed by atoms with E-state index in [2.05, 4.69) is 24.1 Å². The maximum atomic E-state index is 9.61. The van der Waals surface area contributed by atoms with Gasteiger partial charge in [-0.05, 0) is 50.5 Å². The highest BCUT2D eigenvalue weighted by Crippen LogP contribution is 2.32. The second-order valence-electron chi connectivity index (χ2n) is 6.54. The van der Waals surface area contributed by atoms with E-state index in [1.165, 1.54) is 32.2 Å². The molecule has 1 saturated carbocycles. The summed E-state index contributed by atoms with van der Waals surface area (Å²) in [7, 11) is 0. The third-order valence-electron chi connectivity index (χ3n) is 5.18. The Balaban J connectivity index is 1.85. The van der Waals surface area contributed by atoms with Gasteiger partial charge in [0.25, 0.3) is 0 Å². The minimum absolute atomic E-state index is 0.0458. The maximum Gasteiger partial charge on any atom is 0.0564 e. The molecule has 2 N–H and O–H groups in total. The first-order chi connectivity index (χ1) is 9.22. The molecule has 0 radical (unpaired) electrons. The Morgan fingerprint density at radius 1 is 1.11 bits per heavy atom. The molecule has 1 heterocycles. The van der Waals surface area contributed by atoms with Crippen LogP contribution in [0.1, 0.15) is 52.4 Å². The molecule has 2 aliphatic rings. The lowest BCUT2D eigenvalue weighted by Crippen LogP contribution is -2.47. The van der Waals surface area contributed by atoms with Crippen LogP contribution < -0.4 is 5.32 Å². The molecule has 2 fully saturated rings. The molecule has 112 valence electrons. The van der Waals surface area contributed by atoms with E-state index in [0.29, 0.717) is 0 Å². The van der Waals surface area contributed by atoms with Gasteiger partial charge in [0, 0.05) is 25.7 Å². The molecule has 0 amide bonds. The molecule has 3 heteroatoms. The molecule has 0 aromatic rings. The summed E-state index contributed by atoms with van der Waals surface area (Å²) < 4.78 is 0. The van der Waals surface area contributed by atoms with Crippen molar-refractivity contribution in [2.45, 2.75) is 64.5 Å². The van der Waals surface area contributed by atoms with Crippen LogP contribution in [-0.4, -0.2) is 48.3 Å². The van der Waals surface area contributed by atoms with Crippen LogP contribution in [0.3, 0.4) is 0 Å². The summed E-state index contributed by atoms with van der Waals surface area (Å²) in [5.74, 6) is 1.75. The van der Waals surface area contributed by atoms with Gasteiger partial charge in [0.1, 0.15) is 0 Å². The SMILES string of the molecule is CCNC1CCC(CC)CC1CN1CCC(O)CC1. The topological polar surface area (TPSA) is 35.5 Å². The molecule has 0 spiro atoms. The fraction of sp³-hybridized carbons (Fsp3) is 1.00. The molecule has 0 bridgehead atoms. The van der Waals surface area contributed by atoms with Gasteiger partial charge in [-0.1, -0.05) is 20.3 Å². The van der Waals surface area contributed by atoms with Gasteiger partial charge < -0.3 is 15.3 Å². The summed E-state index contributed by atoms with van der Waals surface area (Å²) in [6, 6.07) is 0.722. The average molecular weight is 268 g/mol. The van der Waals surface area contributed by atoms with E-state index in [4.69, 9.17) is 0 Å². The van der Waals surface area contributed by atoms with E-state index in [0.717, 1.165) is 50.4 Å². The van der Waals surface area contributed by atoms with Crippen LogP contribution in [0.15, 0.2) is 0 Å². The van der Waals surface area contributed by atoms with Gasteiger partial charge in [-0.2, -0.15) is 0 Å². The number of rotatable bonds is 5. The van der Waals surface area contributed by atoms with Gasteiger partial charge in [-0.25, -0.2) is 0 Å². The number of nitrogens with zero attached hydrogens (tertiary/aromatic N) is 1. The second kappa shape index (κ2) is 7.61. The first-order valence-corrected chi connectivity index (χ1v) is 8.36. The zero-order chi connectivity index (χ0) is 13.7. The van der Waals surface area contributed by atoms with E-state index in [1.54, 1.807) is 0 Å². The van der Waals surface area contributed by atoms with Crippen molar-refractivity contribution in [2.24, 2.45) is 11.8 Å². The molecule has 2 rings (SSSR count). The molecular formula is C16H32N2O. The van der Waals surface area contributed by atoms with Gasteiger partial charge in [-0.15, -0.1) is 0 Å². The van der Waals surface area contributed by atoms with Crippen molar-refractivity contribution in [3.63, 3.8) is 0 Å². The number of nitrogens with one attached hydrogen (secondary N) is 1. The van der Waals surface area contributed by atoms with Crippen molar-refractivity contribution >= 4 is 0 Å². The van der Waals surface area contributed by atoms with E-state index >= 15 is 0 Å². The molecule has 0 aromatic carbocycles. The Morgan fingerprint density at radius 2 is 1.84 bits per heavy atom. The van der Waals surface area contributed by atoms with Crippen LogP contribution in [0.5, 0.6) is 0 Å². The largest absolute Gasteiger partial charge is 0.393 e. The number of aliphatic hydroxyl groups is 1. The number of piperidine rings is 1. The van der Waals surface area contributed by atoms with Crippen LogP contribution in [0.4, 0.5) is 0 Å². The normalized spacial score (nSPS) is 34.6. The smallest absolute Gasteiger partial charge is 0.0564 e. The predicted molar refractivity (Wildman–Crippen MR) is 80.3 cm³/mol. The van der Waals surface area contributed by atoms with Crippen LogP contribution >= 0.6 is 0 Å². The Bertz CT molecular complexity index is 251. The van der Waals surface area contributed by atoms with Crippen molar-refractivity contribution in [3.05, 3.63) is 0 Å². The first kappa shape index (κ1) is 15.3. The van der Waals surface area contributed by atoms with Crippen molar-refractivity contribution in [1.29, 1.82) is 0 Å². The third-order valence-corrected chi connectivity index (χ3v) is 5.18. The highest BCUT2D eigenvalue weighted by molar-refractivity contribution is 4.87. The first-order valence-electron chi connectivity index (χ1n) is 8.36. The zero-order valence-corrected chi connectivity index (χ0v) is 12.8. The van der Waals surface area contributed by atoms with E-state index in [-0.39, 0.29) is 6.10 Å². The van der Waals surface area contributed by atoms with Crippen LogP contribution in [0, 0.1) is 11.8 Å². The molecule has 0 aromatic heterocycles. The van der Waals surface area contributed by atoms with Crippen molar-refractivity contribution < 1.29 is 5.11 Å². The Hall–Kier alpha value is -0.120.